The molecule has 140 valence electrons. The number of morpholine rings is 1. The fourth-order valence-corrected chi connectivity index (χ4v) is 4.87. The molecule has 0 aliphatic carbocycles. The van der Waals surface area contributed by atoms with Gasteiger partial charge in [0, 0.05) is 18.7 Å². The van der Waals surface area contributed by atoms with Gasteiger partial charge < -0.3 is 14.4 Å². The number of esters is 1. The monoisotopic (exact) mass is 386 g/mol. The first-order valence-electron chi connectivity index (χ1n) is 8.50. The van der Waals surface area contributed by atoms with E-state index < -0.39 is 15.8 Å². The molecule has 2 aliphatic rings. The maximum atomic E-state index is 13.3. The van der Waals surface area contributed by atoms with E-state index in [1.807, 2.05) is 4.90 Å². The maximum Gasteiger partial charge on any atom is 0.337 e. The fourth-order valence-electron chi connectivity index (χ4n) is 3.26. The van der Waals surface area contributed by atoms with Crippen LogP contribution in [0.2, 0.25) is 0 Å². The number of nitrogens with zero attached hydrogens (tertiary/aromatic N) is 2. The van der Waals surface area contributed by atoms with E-state index in [1.165, 1.54) is 19.2 Å². The lowest BCUT2D eigenvalue weighted by atomic mass is 10.1. The van der Waals surface area contributed by atoms with E-state index in [2.05, 4.69) is 4.99 Å². The molecule has 0 bridgehead atoms. The quantitative estimate of drug-likeness (QED) is 0.697. The molecular formula is C19H18N2O5S. The number of ether oxygens (including phenoxy) is 2. The Labute approximate surface area is 157 Å². The molecule has 2 aliphatic heterocycles. The minimum Gasteiger partial charge on any atom is -0.465 e. The molecule has 2 aromatic carbocycles. The first kappa shape index (κ1) is 17.7. The van der Waals surface area contributed by atoms with E-state index in [0.717, 1.165) is 0 Å². The van der Waals surface area contributed by atoms with E-state index in [4.69, 9.17) is 9.47 Å². The number of sulfone groups is 1. The molecule has 8 heteroatoms. The molecule has 1 fully saturated rings. The zero-order chi connectivity index (χ0) is 19.0. The fraction of sp³-hybridized carbons (Fsp3) is 0.263. The van der Waals surface area contributed by atoms with Gasteiger partial charge in [0.15, 0.2) is 0 Å². The second-order valence-corrected chi connectivity index (χ2v) is 8.10. The molecule has 0 saturated carbocycles. The van der Waals surface area contributed by atoms with Gasteiger partial charge in [-0.15, -0.1) is 0 Å². The predicted molar refractivity (Wildman–Crippen MR) is 98.3 cm³/mol. The smallest absolute Gasteiger partial charge is 0.337 e. The molecule has 0 radical (unpaired) electrons. The average molecular weight is 386 g/mol. The summed E-state index contributed by atoms with van der Waals surface area (Å²) in [5.41, 5.74) is 1.04. The highest BCUT2D eigenvalue weighted by molar-refractivity contribution is 7.91. The molecule has 27 heavy (non-hydrogen) atoms. The SMILES string of the molecule is COC(=O)c1ccc2c(c1)S(=O)(=O)c1ccccc1N=C2N1CCOCC1. The molecule has 0 N–H and O–H groups in total. The lowest BCUT2D eigenvalue weighted by Crippen LogP contribution is -2.41. The average Bonchev–Trinajstić information content (AvgIpc) is 2.81. The van der Waals surface area contributed by atoms with Gasteiger partial charge in [0.05, 0.1) is 41.4 Å². The summed E-state index contributed by atoms with van der Waals surface area (Å²) < 4.78 is 36.8. The normalized spacial score (nSPS) is 18.0. The minimum atomic E-state index is -3.85. The Morgan fingerprint density at radius 1 is 1.11 bits per heavy atom. The number of carbonyl (C=O) groups is 1. The molecule has 0 aromatic heterocycles. The molecule has 0 spiro atoms. The van der Waals surface area contributed by atoms with Crippen LogP contribution in [0.5, 0.6) is 0 Å². The van der Waals surface area contributed by atoms with Crippen LogP contribution in [0.4, 0.5) is 5.69 Å². The number of methoxy groups -OCH3 is 1. The topological polar surface area (TPSA) is 85.3 Å². The van der Waals surface area contributed by atoms with Gasteiger partial charge in [-0.2, -0.15) is 0 Å². The van der Waals surface area contributed by atoms with Gasteiger partial charge in [0.2, 0.25) is 9.84 Å². The molecule has 2 heterocycles. The van der Waals surface area contributed by atoms with Gasteiger partial charge >= 0.3 is 5.97 Å². The summed E-state index contributed by atoms with van der Waals surface area (Å²) in [7, 11) is -2.59. The highest BCUT2D eigenvalue weighted by atomic mass is 32.2. The highest BCUT2D eigenvalue weighted by Gasteiger charge is 2.32. The van der Waals surface area contributed by atoms with Crippen LogP contribution in [0.15, 0.2) is 57.2 Å². The number of para-hydroxylation sites is 1. The predicted octanol–water partition coefficient (Wildman–Crippen LogP) is 2.03. The van der Waals surface area contributed by atoms with Crippen molar-refractivity contribution in [3.63, 3.8) is 0 Å². The van der Waals surface area contributed by atoms with E-state index in [9.17, 15) is 13.2 Å². The number of carbonyl (C=O) groups excluding carboxylic acids is 1. The van der Waals surface area contributed by atoms with Crippen molar-refractivity contribution in [3.8, 4) is 0 Å². The Bertz CT molecular complexity index is 1040. The van der Waals surface area contributed by atoms with E-state index >= 15 is 0 Å². The van der Waals surface area contributed by atoms with E-state index in [-0.39, 0.29) is 15.4 Å². The van der Waals surface area contributed by atoms with Crippen molar-refractivity contribution in [3.05, 3.63) is 53.6 Å². The van der Waals surface area contributed by atoms with Crippen LogP contribution < -0.4 is 0 Å². The highest BCUT2D eigenvalue weighted by Crippen LogP contribution is 2.36. The number of fused-ring (bicyclic) bond motifs is 2. The van der Waals surface area contributed by atoms with Crippen LogP contribution >= 0.6 is 0 Å². The molecule has 7 nitrogen and oxygen atoms in total. The molecule has 4 rings (SSSR count). The Morgan fingerprint density at radius 3 is 2.59 bits per heavy atom. The molecule has 1 saturated heterocycles. The summed E-state index contributed by atoms with van der Waals surface area (Å²) in [4.78, 5) is 18.8. The Kier molecular flexibility index (Phi) is 4.45. The van der Waals surface area contributed by atoms with Crippen molar-refractivity contribution >= 4 is 27.3 Å². The van der Waals surface area contributed by atoms with Crippen LogP contribution in [0.25, 0.3) is 0 Å². The zero-order valence-corrected chi connectivity index (χ0v) is 15.5. The number of hydrogen-bond acceptors (Lipinski definition) is 7. The van der Waals surface area contributed by atoms with Gasteiger partial charge in [0.25, 0.3) is 0 Å². The van der Waals surface area contributed by atoms with Crippen molar-refractivity contribution in [2.45, 2.75) is 9.79 Å². The Balaban J connectivity index is 1.99. The van der Waals surface area contributed by atoms with E-state index in [0.29, 0.717) is 43.4 Å². The van der Waals surface area contributed by atoms with Crippen molar-refractivity contribution < 1.29 is 22.7 Å². The largest absolute Gasteiger partial charge is 0.465 e. The lowest BCUT2D eigenvalue weighted by molar-refractivity contribution is 0.0600. The second kappa shape index (κ2) is 6.79. The minimum absolute atomic E-state index is 0.0561. The number of rotatable bonds is 1. The summed E-state index contributed by atoms with van der Waals surface area (Å²) in [6, 6.07) is 11.2. The van der Waals surface area contributed by atoms with Gasteiger partial charge in [0.1, 0.15) is 5.84 Å². The molecule has 0 amide bonds. The van der Waals surface area contributed by atoms with Crippen LogP contribution in [0.3, 0.4) is 0 Å². The molecule has 0 unspecified atom stereocenters. The third-order valence-corrected chi connectivity index (χ3v) is 6.47. The summed E-state index contributed by atoms with van der Waals surface area (Å²) in [6.45, 7) is 2.31. The number of hydrogen-bond donors (Lipinski definition) is 0. The zero-order valence-electron chi connectivity index (χ0n) is 14.7. The van der Waals surface area contributed by atoms with Crippen molar-refractivity contribution in [2.75, 3.05) is 33.4 Å². The Morgan fingerprint density at radius 2 is 1.85 bits per heavy atom. The molecule has 0 atom stereocenters. The van der Waals surface area contributed by atoms with Gasteiger partial charge in [-0.05, 0) is 30.3 Å². The van der Waals surface area contributed by atoms with Crippen molar-refractivity contribution in [1.29, 1.82) is 0 Å². The number of amidine groups is 1. The summed E-state index contributed by atoms with van der Waals surface area (Å²) >= 11 is 0. The van der Waals surface area contributed by atoms with Crippen LogP contribution in [0.1, 0.15) is 15.9 Å². The van der Waals surface area contributed by atoms with Gasteiger partial charge in [-0.25, -0.2) is 18.2 Å². The lowest BCUT2D eigenvalue weighted by Gasteiger charge is -2.30. The summed E-state index contributed by atoms with van der Waals surface area (Å²) in [5.74, 6) is -0.0198. The first-order chi connectivity index (χ1) is 13.0. The number of benzene rings is 2. The van der Waals surface area contributed by atoms with Gasteiger partial charge in [-0.3, -0.25) is 0 Å². The standard InChI is InChI=1S/C19H18N2O5S/c1-25-19(22)13-6-7-14-17(12-13)27(23,24)16-5-3-2-4-15(16)20-18(14)21-8-10-26-11-9-21/h2-7,12H,8-11H2,1H3. The third-order valence-electron chi connectivity index (χ3n) is 4.62. The molecule has 2 aromatic rings. The first-order valence-corrected chi connectivity index (χ1v) is 9.99. The van der Waals surface area contributed by atoms with Gasteiger partial charge in [-0.1, -0.05) is 12.1 Å². The van der Waals surface area contributed by atoms with E-state index in [1.54, 1.807) is 30.3 Å². The second-order valence-electron chi connectivity index (χ2n) is 6.21. The Hall–Kier alpha value is -2.71. The summed E-state index contributed by atoms with van der Waals surface area (Å²) in [6.07, 6.45) is 0. The summed E-state index contributed by atoms with van der Waals surface area (Å²) in [5, 5.41) is 0. The van der Waals surface area contributed by atoms with Crippen molar-refractivity contribution in [1.82, 2.24) is 4.90 Å². The van der Waals surface area contributed by atoms with Crippen LogP contribution in [0, 0.1) is 0 Å². The van der Waals surface area contributed by atoms with Crippen molar-refractivity contribution in [2.24, 2.45) is 4.99 Å². The maximum absolute atomic E-state index is 13.3. The van der Waals surface area contributed by atoms with Crippen LogP contribution in [-0.2, 0) is 19.3 Å². The third kappa shape index (κ3) is 3.00. The molecular weight excluding hydrogens is 368 g/mol. The van der Waals surface area contributed by atoms with Crippen LogP contribution in [-0.4, -0.2) is 58.5 Å². The number of aliphatic imine (C=N–C) groups is 1.